The molecule has 2 aliphatic rings. The maximum absolute atomic E-state index is 11.6. The number of aromatic nitrogens is 4. The normalized spacial score (nSPS) is 22.6. The molecule has 4 heterocycles. The summed E-state index contributed by atoms with van der Waals surface area (Å²) in [6, 6.07) is 0.0619. The second-order valence-electron chi connectivity index (χ2n) is 7.97. The molecular weight excluding hydrogens is 376 g/mol. The molecule has 2 aromatic rings. The fraction of sp³-hybridized carbons (Fsp3) is 0.632. The Bertz CT molecular complexity index is 887. The first-order valence-corrected chi connectivity index (χ1v) is 11.8. The zero-order valence-electron chi connectivity index (χ0n) is 16.3. The number of rotatable bonds is 6. The van der Waals surface area contributed by atoms with Crippen LogP contribution in [0.25, 0.3) is 11.3 Å². The number of nitrogens with one attached hydrogen (secondary N) is 1. The average Bonchev–Trinajstić information content (AvgIpc) is 3.29. The van der Waals surface area contributed by atoms with E-state index in [1.165, 1.54) is 12.8 Å². The van der Waals surface area contributed by atoms with Gasteiger partial charge in [-0.2, -0.15) is 0 Å². The van der Waals surface area contributed by atoms with Gasteiger partial charge < -0.3 is 14.8 Å². The predicted octanol–water partition coefficient (Wildman–Crippen LogP) is 1.35. The van der Waals surface area contributed by atoms with E-state index in [0.717, 1.165) is 42.8 Å². The third-order valence-corrected chi connectivity index (χ3v) is 7.50. The van der Waals surface area contributed by atoms with Gasteiger partial charge in [-0.1, -0.05) is 6.92 Å². The molecule has 0 unspecified atom stereocenters. The summed E-state index contributed by atoms with van der Waals surface area (Å²) in [7, 11) is -2.85. The third-order valence-electron chi connectivity index (χ3n) is 5.73. The Kier molecular flexibility index (Phi) is 5.63. The third kappa shape index (κ3) is 4.52. The van der Waals surface area contributed by atoms with Gasteiger partial charge in [-0.05, 0) is 25.2 Å². The second kappa shape index (κ2) is 8.16. The van der Waals surface area contributed by atoms with Gasteiger partial charge >= 0.3 is 0 Å². The van der Waals surface area contributed by atoms with Crippen LogP contribution in [0.4, 0.5) is 5.95 Å². The molecule has 9 heteroatoms. The number of sulfone groups is 1. The van der Waals surface area contributed by atoms with Crippen LogP contribution in [0.15, 0.2) is 24.9 Å². The van der Waals surface area contributed by atoms with E-state index in [1.807, 2.05) is 18.6 Å². The standard InChI is InChI=1S/C19H28N6O2S/c1-15-2-6-24(7-3-15)19-22-10-16(11-23-19)18-12-20-14-25(18)8-5-21-17-4-9-28(26,27)13-17/h10-12,14-15,17,21H,2-9,13H2,1H3/t17-/m0/s1. The van der Waals surface area contributed by atoms with Crippen LogP contribution >= 0.6 is 0 Å². The predicted molar refractivity (Wildman–Crippen MR) is 109 cm³/mol. The van der Waals surface area contributed by atoms with Gasteiger partial charge in [-0.25, -0.2) is 23.4 Å². The Balaban J connectivity index is 1.35. The monoisotopic (exact) mass is 404 g/mol. The molecular formula is C19H28N6O2S. The molecule has 8 nitrogen and oxygen atoms in total. The fourth-order valence-corrected chi connectivity index (χ4v) is 5.62. The topological polar surface area (TPSA) is 93.0 Å². The molecule has 2 aliphatic heterocycles. The van der Waals surface area contributed by atoms with Crippen LogP contribution in [0.2, 0.25) is 0 Å². The first kappa shape index (κ1) is 19.3. The van der Waals surface area contributed by atoms with Crippen molar-refractivity contribution < 1.29 is 8.42 Å². The summed E-state index contributed by atoms with van der Waals surface area (Å²) >= 11 is 0. The number of nitrogens with zero attached hydrogens (tertiary/aromatic N) is 5. The van der Waals surface area contributed by atoms with Crippen molar-refractivity contribution in [1.29, 1.82) is 0 Å². The van der Waals surface area contributed by atoms with Crippen molar-refractivity contribution in [3.05, 3.63) is 24.9 Å². The minimum absolute atomic E-state index is 0.0619. The number of imidazole rings is 1. The van der Waals surface area contributed by atoms with Gasteiger partial charge in [-0.3, -0.25) is 0 Å². The van der Waals surface area contributed by atoms with Crippen LogP contribution in [0.5, 0.6) is 0 Å². The van der Waals surface area contributed by atoms with Crippen molar-refractivity contribution in [2.45, 2.75) is 38.8 Å². The van der Waals surface area contributed by atoms with Crippen LogP contribution in [0.1, 0.15) is 26.2 Å². The van der Waals surface area contributed by atoms with E-state index in [1.54, 1.807) is 6.33 Å². The summed E-state index contributed by atoms with van der Waals surface area (Å²) in [4.78, 5) is 15.7. The largest absolute Gasteiger partial charge is 0.341 e. The molecule has 1 N–H and O–H groups in total. The molecule has 0 amide bonds. The average molecular weight is 405 g/mol. The van der Waals surface area contributed by atoms with Crippen LogP contribution in [0, 0.1) is 5.92 Å². The first-order valence-electron chi connectivity index (χ1n) is 10.0. The Labute approximate surface area is 166 Å². The number of hydrogen-bond acceptors (Lipinski definition) is 7. The lowest BCUT2D eigenvalue weighted by Gasteiger charge is -2.30. The first-order chi connectivity index (χ1) is 13.5. The highest BCUT2D eigenvalue weighted by Crippen LogP contribution is 2.22. The van der Waals surface area contributed by atoms with Gasteiger partial charge in [0, 0.05) is 50.2 Å². The van der Waals surface area contributed by atoms with Gasteiger partial charge in [0.25, 0.3) is 0 Å². The summed E-state index contributed by atoms with van der Waals surface area (Å²) in [6.07, 6.45) is 10.4. The number of anilines is 1. The molecule has 28 heavy (non-hydrogen) atoms. The highest BCUT2D eigenvalue weighted by molar-refractivity contribution is 7.91. The highest BCUT2D eigenvalue weighted by Gasteiger charge is 2.27. The molecule has 2 fully saturated rings. The SMILES string of the molecule is CC1CCN(c2ncc(-c3cncn3CCN[C@H]3CCS(=O)(=O)C3)cn2)CC1. The smallest absolute Gasteiger partial charge is 0.225 e. The minimum atomic E-state index is -2.85. The van der Waals surface area contributed by atoms with Gasteiger partial charge in [-0.15, -0.1) is 0 Å². The Hall–Kier alpha value is -2.00. The van der Waals surface area contributed by atoms with E-state index in [-0.39, 0.29) is 11.8 Å². The quantitative estimate of drug-likeness (QED) is 0.777. The van der Waals surface area contributed by atoms with E-state index in [0.29, 0.717) is 18.7 Å². The molecule has 0 spiro atoms. The summed E-state index contributed by atoms with van der Waals surface area (Å²) in [5.74, 6) is 2.11. The molecule has 0 saturated carbocycles. The lowest BCUT2D eigenvalue weighted by molar-refractivity contribution is 0.434. The van der Waals surface area contributed by atoms with E-state index in [2.05, 4.69) is 36.7 Å². The van der Waals surface area contributed by atoms with Gasteiger partial charge in [0.05, 0.1) is 29.7 Å². The number of piperidine rings is 1. The molecule has 4 rings (SSSR count). The van der Waals surface area contributed by atoms with E-state index in [9.17, 15) is 8.42 Å². The summed E-state index contributed by atoms with van der Waals surface area (Å²) < 4.78 is 25.2. The lowest BCUT2D eigenvalue weighted by Crippen LogP contribution is -2.34. The van der Waals surface area contributed by atoms with Gasteiger partial charge in [0.2, 0.25) is 5.95 Å². The zero-order chi connectivity index (χ0) is 19.6. The van der Waals surface area contributed by atoms with E-state index >= 15 is 0 Å². The molecule has 1 atom stereocenters. The molecule has 2 saturated heterocycles. The summed E-state index contributed by atoms with van der Waals surface area (Å²) in [6.45, 7) is 5.75. The maximum Gasteiger partial charge on any atom is 0.225 e. The fourth-order valence-electron chi connectivity index (χ4n) is 3.91. The molecule has 2 aromatic heterocycles. The van der Waals surface area contributed by atoms with Crippen molar-refractivity contribution in [3.63, 3.8) is 0 Å². The van der Waals surface area contributed by atoms with Crippen molar-refractivity contribution in [1.82, 2.24) is 24.8 Å². The number of hydrogen-bond donors (Lipinski definition) is 1. The maximum atomic E-state index is 11.6. The lowest BCUT2D eigenvalue weighted by atomic mass is 10.00. The zero-order valence-corrected chi connectivity index (χ0v) is 17.1. The van der Waals surface area contributed by atoms with Crippen molar-refractivity contribution in [3.8, 4) is 11.3 Å². The minimum Gasteiger partial charge on any atom is -0.341 e. The van der Waals surface area contributed by atoms with Crippen LogP contribution in [0.3, 0.4) is 0 Å². The summed E-state index contributed by atoms with van der Waals surface area (Å²) in [5, 5.41) is 3.34. The molecule has 0 radical (unpaired) electrons. The Morgan fingerprint density at radius 2 is 1.89 bits per heavy atom. The van der Waals surface area contributed by atoms with Gasteiger partial charge in [0.15, 0.2) is 9.84 Å². The molecule has 152 valence electrons. The van der Waals surface area contributed by atoms with Crippen LogP contribution in [-0.2, 0) is 16.4 Å². The Morgan fingerprint density at radius 3 is 2.57 bits per heavy atom. The summed E-state index contributed by atoms with van der Waals surface area (Å²) in [5.41, 5.74) is 1.91. The Morgan fingerprint density at radius 1 is 1.14 bits per heavy atom. The van der Waals surface area contributed by atoms with Crippen LogP contribution in [-0.4, -0.2) is 65.1 Å². The van der Waals surface area contributed by atoms with Gasteiger partial charge in [0.1, 0.15) is 0 Å². The second-order valence-corrected chi connectivity index (χ2v) is 10.2. The molecule has 0 aliphatic carbocycles. The van der Waals surface area contributed by atoms with Crippen molar-refractivity contribution >= 4 is 15.8 Å². The molecule has 0 bridgehead atoms. The van der Waals surface area contributed by atoms with Crippen molar-refractivity contribution in [2.24, 2.45) is 5.92 Å². The van der Waals surface area contributed by atoms with Crippen LogP contribution < -0.4 is 10.2 Å². The molecule has 0 aromatic carbocycles. The van der Waals surface area contributed by atoms with E-state index in [4.69, 9.17) is 0 Å². The van der Waals surface area contributed by atoms with Crippen molar-refractivity contribution in [2.75, 3.05) is 36.0 Å². The van der Waals surface area contributed by atoms with E-state index < -0.39 is 9.84 Å². The highest BCUT2D eigenvalue weighted by atomic mass is 32.2.